The number of carbonyl (C=O) groups excluding carboxylic acids is 2. The third-order valence-electron chi connectivity index (χ3n) is 6.69. The van der Waals surface area contributed by atoms with Gasteiger partial charge in [-0.05, 0) is 32.9 Å². The number of nitrogens with two attached hydrogens (primary N) is 1. The highest BCUT2D eigenvalue weighted by Crippen LogP contribution is 2.37. The van der Waals surface area contributed by atoms with Crippen LogP contribution < -0.4 is 10.6 Å². The normalized spacial score (nSPS) is 16.8. The van der Waals surface area contributed by atoms with E-state index in [2.05, 4.69) is 15.1 Å². The van der Waals surface area contributed by atoms with Crippen LogP contribution in [0.15, 0.2) is 24.5 Å². The third kappa shape index (κ3) is 6.14. The number of rotatable bonds is 3. The maximum Gasteiger partial charge on any atom is 0.417 e. The monoisotopic (exact) mass is 576 g/mol. The molecule has 0 atom stereocenters. The van der Waals surface area contributed by atoms with Crippen LogP contribution in [0, 0.1) is 0 Å². The van der Waals surface area contributed by atoms with E-state index in [0.717, 1.165) is 12.3 Å². The van der Waals surface area contributed by atoms with Crippen molar-refractivity contribution < 1.29 is 32.2 Å². The summed E-state index contributed by atoms with van der Waals surface area (Å²) in [6, 6.07) is 2.38. The van der Waals surface area contributed by atoms with Crippen molar-refractivity contribution in [2.45, 2.75) is 32.5 Å². The van der Waals surface area contributed by atoms with Gasteiger partial charge in [-0.3, -0.25) is 4.79 Å². The third-order valence-corrected chi connectivity index (χ3v) is 6.69. The number of amides is 2. The van der Waals surface area contributed by atoms with Gasteiger partial charge < -0.3 is 29.9 Å². The molecule has 5 heterocycles. The number of hydrogen-bond acceptors (Lipinski definition) is 9. The SMILES string of the molecule is CC(C)(C)OC(=O)N1CCN(C(=O)c2cc3c(N4CCOCC4)nc(-c4cnc(N)cc4C(F)(F)F)nn3c2)CC1. The van der Waals surface area contributed by atoms with Crippen molar-refractivity contribution in [1.29, 1.82) is 0 Å². The van der Waals surface area contributed by atoms with Crippen LogP contribution in [-0.2, 0) is 15.7 Å². The maximum absolute atomic E-state index is 13.9. The van der Waals surface area contributed by atoms with Crippen LogP contribution in [0.2, 0.25) is 0 Å². The molecule has 0 aromatic carbocycles. The van der Waals surface area contributed by atoms with Gasteiger partial charge in [0.2, 0.25) is 0 Å². The zero-order valence-electron chi connectivity index (χ0n) is 22.9. The Balaban J connectivity index is 1.47. The number of aromatic nitrogens is 4. The molecular weight excluding hydrogens is 545 g/mol. The van der Waals surface area contributed by atoms with Gasteiger partial charge in [-0.1, -0.05) is 0 Å². The Morgan fingerprint density at radius 1 is 1.00 bits per heavy atom. The number of piperazine rings is 1. The van der Waals surface area contributed by atoms with Crippen LogP contribution in [0.1, 0.15) is 36.7 Å². The quantitative estimate of drug-likeness (QED) is 0.500. The predicted molar refractivity (Wildman–Crippen MR) is 142 cm³/mol. The average molecular weight is 577 g/mol. The second kappa shape index (κ2) is 10.7. The Kier molecular flexibility index (Phi) is 7.40. The first kappa shape index (κ1) is 28.4. The van der Waals surface area contributed by atoms with Crippen molar-refractivity contribution in [3.63, 3.8) is 0 Å². The molecule has 0 radical (unpaired) electrons. The van der Waals surface area contributed by atoms with E-state index in [4.69, 9.17) is 15.2 Å². The molecule has 2 aliphatic rings. The first-order valence-corrected chi connectivity index (χ1v) is 13.1. The lowest BCUT2D eigenvalue weighted by molar-refractivity contribution is -0.137. The van der Waals surface area contributed by atoms with Crippen molar-refractivity contribution in [1.82, 2.24) is 29.4 Å². The minimum atomic E-state index is -4.72. The Morgan fingerprint density at radius 2 is 1.66 bits per heavy atom. The molecular formula is C26H31F3N8O4. The van der Waals surface area contributed by atoms with Gasteiger partial charge in [-0.15, -0.1) is 5.10 Å². The Hall–Kier alpha value is -4.14. The van der Waals surface area contributed by atoms with Crippen molar-refractivity contribution in [2.24, 2.45) is 0 Å². The topological polar surface area (TPSA) is 131 Å². The molecule has 41 heavy (non-hydrogen) atoms. The molecule has 3 aromatic rings. The second-order valence-corrected chi connectivity index (χ2v) is 10.8. The molecule has 2 N–H and O–H groups in total. The molecule has 5 rings (SSSR count). The van der Waals surface area contributed by atoms with Crippen molar-refractivity contribution >= 4 is 29.2 Å². The van der Waals surface area contributed by atoms with E-state index >= 15 is 0 Å². The smallest absolute Gasteiger partial charge is 0.417 e. The number of carbonyl (C=O) groups is 2. The first-order chi connectivity index (χ1) is 19.3. The number of ether oxygens (including phenoxy) is 2. The van der Waals surface area contributed by atoms with E-state index in [1.807, 2.05) is 4.90 Å². The second-order valence-electron chi connectivity index (χ2n) is 10.8. The van der Waals surface area contributed by atoms with Gasteiger partial charge in [0, 0.05) is 51.7 Å². The Bertz CT molecular complexity index is 1460. The highest BCUT2D eigenvalue weighted by Gasteiger charge is 2.36. The van der Waals surface area contributed by atoms with E-state index in [9.17, 15) is 22.8 Å². The molecule has 0 saturated carbocycles. The molecule has 3 aromatic heterocycles. The number of alkyl halides is 3. The Morgan fingerprint density at radius 3 is 2.29 bits per heavy atom. The first-order valence-electron chi connectivity index (χ1n) is 13.1. The van der Waals surface area contributed by atoms with Gasteiger partial charge in [0.25, 0.3) is 5.91 Å². The van der Waals surface area contributed by atoms with Crippen LogP contribution >= 0.6 is 0 Å². The fourth-order valence-electron chi connectivity index (χ4n) is 4.71. The van der Waals surface area contributed by atoms with E-state index in [1.165, 1.54) is 10.7 Å². The summed E-state index contributed by atoms with van der Waals surface area (Å²) in [5, 5.41) is 4.35. The summed E-state index contributed by atoms with van der Waals surface area (Å²) in [6.45, 7) is 8.31. The summed E-state index contributed by atoms with van der Waals surface area (Å²) >= 11 is 0. The number of morpholine rings is 1. The van der Waals surface area contributed by atoms with E-state index in [0.29, 0.717) is 69.4 Å². The summed E-state index contributed by atoms with van der Waals surface area (Å²) < 4.78 is 53.9. The number of nitrogens with zero attached hydrogens (tertiary/aromatic N) is 7. The van der Waals surface area contributed by atoms with Crippen molar-refractivity contribution in [3.05, 3.63) is 35.7 Å². The summed E-state index contributed by atoms with van der Waals surface area (Å²) in [5.41, 5.74) is 4.34. The lowest BCUT2D eigenvalue weighted by atomic mass is 10.1. The van der Waals surface area contributed by atoms with Gasteiger partial charge in [0.15, 0.2) is 11.6 Å². The van der Waals surface area contributed by atoms with Gasteiger partial charge in [-0.2, -0.15) is 13.2 Å². The molecule has 2 fully saturated rings. The van der Waals surface area contributed by atoms with Gasteiger partial charge in [0.1, 0.15) is 16.9 Å². The summed E-state index contributed by atoms with van der Waals surface area (Å²) in [6.07, 6.45) is -2.68. The zero-order valence-corrected chi connectivity index (χ0v) is 22.9. The van der Waals surface area contributed by atoms with E-state index in [1.54, 1.807) is 36.6 Å². The Labute approximate surface area is 233 Å². The fraction of sp³-hybridized carbons (Fsp3) is 0.500. The maximum atomic E-state index is 13.9. The zero-order chi connectivity index (χ0) is 29.5. The number of fused-ring (bicyclic) bond motifs is 1. The lowest BCUT2D eigenvalue weighted by Gasteiger charge is -2.35. The molecule has 2 amide bonds. The molecule has 0 aliphatic carbocycles. The van der Waals surface area contributed by atoms with Crippen molar-refractivity contribution in [3.8, 4) is 11.4 Å². The largest absolute Gasteiger partial charge is 0.444 e. The number of anilines is 2. The van der Waals surface area contributed by atoms with Crippen LogP contribution in [0.5, 0.6) is 0 Å². The molecule has 0 unspecified atom stereocenters. The number of halogens is 3. The van der Waals surface area contributed by atoms with Crippen LogP contribution in [0.25, 0.3) is 16.9 Å². The van der Waals surface area contributed by atoms with Crippen LogP contribution in [0.3, 0.4) is 0 Å². The predicted octanol–water partition coefficient (Wildman–Crippen LogP) is 2.92. The number of nitrogen functional groups attached to an aromatic ring is 1. The molecule has 2 saturated heterocycles. The molecule has 0 bridgehead atoms. The summed E-state index contributed by atoms with van der Waals surface area (Å²) in [4.78, 5) is 39.3. The van der Waals surface area contributed by atoms with Gasteiger partial charge in [0.05, 0.1) is 29.9 Å². The highest BCUT2D eigenvalue weighted by molar-refractivity contribution is 5.97. The number of pyridine rings is 1. The minimum Gasteiger partial charge on any atom is -0.444 e. The average Bonchev–Trinajstić information content (AvgIpc) is 3.35. The highest BCUT2D eigenvalue weighted by atomic mass is 19.4. The molecule has 12 nitrogen and oxygen atoms in total. The van der Waals surface area contributed by atoms with Crippen LogP contribution in [-0.4, -0.2) is 99.5 Å². The van der Waals surface area contributed by atoms with Gasteiger partial charge in [-0.25, -0.2) is 19.3 Å². The van der Waals surface area contributed by atoms with Crippen molar-refractivity contribution in [2.75, 3.05) is 63.1 Å². The molecule has 0 spiro atoms. The van der Waals surface area contributed by atoms with E-state index < -0.39 is 23.4 Å². The van der Waals surface area contributed by atoms with E-state index in [-0.39, 0.29) is 23.1 Å². The fourth-order valence-corrected chi connectivity index (χ4v) is 4.71. The lowest BCUT2D eigenvalue weighted by Crippen LogP contribution is -2.51. The van der Waals surface area contributed by atoms with Crippen LogP contribution in [0.4, 0.5) is 29.6 Å². The molecule has 2 aliphatic heterocycles. The summed E-state index contributed by atoms with van der Waals surface area (Å²) in [5.74, 6) is -0.411. The minimum absolute atomic E-state index is 0.209. The summed E-state index contributed by atoms with van der Waals surface area (Å²) in [7, 11) is 0. The number of hydrogen-bond donors (Lipinski definition) is 1. The van der Waals surface area contributed by atoms with Gasteiger partial charge >= 0.3 is 12.3 Å². The molecule has 15 heteroatoms. The standard InChI is InChI=1S/C26H31F3N8O4/c1-25(2,3)41-24(39)36-6-4-35(5-7-36)23(38)16-12-19-22(34-8-10-40-11-9-34)32-21(33-37(19)15-16)17-14-31-20(30)13-18(17)26(27,28)29/h12-15H,4-11H2,1-3H3,(H2,30,31). The molecule has 220 valence electrons.